The SMILES string of the molecule is COc1cccc(Cc2cnc([C@H]3CCCN(C(=O)c4cnccn4)C3)o2)c1. The lowest BCUT2D eigenvalue weighted by Crippen LogP contribution is -2.39. The van der Waals surface area contributed by atoms with E-state index < -0.39 is 0 Å². The second-order valence-electron chi connectivity index (χ2n) is 6.87. The minimum absolute atomic E-state index is 0.0911. The van der Waals surface area contributed by atoms with E-state index in [1.54, 1.807) is 19.5 Å². The van der Waals surface area contributed by atoms with Crippen LogP contribution in [0.4, 0.5) is 0 Å². The first-order chi connectivity index (χ1) is 13.7. The number of carbonyl (C=O) groups is 1. The summed E-state index contributed by atoms with van der Waals surface area (Å²) < 4.78 is 11.3. The van der Waals surface area contributed by atoms with Gasteiger partial charge in [0.05, 0.1) is 25.4 Å². The van der Waals surface area contributed by atoms with Gasteiger partial charge in [0.15, 0.2) is 5.89 Å². The Kier molecular flexibility index (Phi) is 5.32. The van der Waals surface area contributed by atoms with Gasteiger partial charge < -0.3 is 14.1 Å². The molecular formula is C21H22N4O3. The Morgan fingerprint density at radius 2 is 2.21 bits per heavy atom. The van der Waals surface area contributed by atoms with Crippen LogP contribution >= 0.6 is 0 Å². The van der Waals surface area contributed by atoms with Gasteiger partial charge in [-0.3, -0.25) is 9.78 Å². The highest BCUT2D eigenvalue weighted by Crippen LogP contribution is 2.28. The van der Waals surface area contributed by atoms with Crippen LogP contribution in [-0.4, -0.2) is 46.0 Å². The molecule has 0 radical (unpaired) electrons. The fraction of sp³-hybridized carbons (Fsp3) is 0.333. The van der Waals surface area contributed by atoms with Crippen LogP contribution < -0.4 is 4.74 Å². The number of carbonyl (C=O) groups excluding carboxylic acids is 1. The molecule has 1 amide bonds. The molecule has 7 nitrogen and oxygen atoms in total. The second-order valence-corrected chi connectivity index (χ2v) is 6.87. The van der Waals surface area contributed by atoms with E-state index in [0.717, 1.165) is 29.9 Å². The van der Waals surface area contributed by atoms with Crippen molar-refractivity contribution in [3.05, 3.63) is 72.0 Å². The topological polar surface area (TPSA) is 81.4 Å². The first-order valence-corrected chi connectivity index (χ1v) is 9.36. The van der Waals surface area contributed by atoms with Crippen molar-refractivity contribution in [1.82, 2.24) is 19.9 Å². The van der Waals surface area contributed by atoms with Crippen molar-refractivity contribution in [3.8, 4) is 5.75 Å². The Morgan fingerprint density at radius 3 is 3.04 bits per heavy atom. The predicted molar refractivity (Wildman–Crippen MR) is 102 cm³/mol. The molecule has 1 aromatic carbocycles. The molecule has 1 fully saturated rings. The highest BCUT2D eigenvalue weighted by molar-refractivity contribution is 5.92. The number of amides is 1. The molecule has 1 saturated heterocycles. The third-order valence-corrected chi connectivity index (χ3v) is 4.92. The van der Waals surface area contributed by atoms with Crippen LogP contribution in [0.15, 0.2) is 53.5 Å². The Morgan fingerprint density at radius 1 is 1.29 bits per heavy atom. The van der Waals surface area contributed by atoms with Gasteiger partial charge in [-0.1, -0.05) is 12.1 Å². The molecule has 1 aliphatic heterocycles. The van der Waals surface area contributed by atoms with Gasteiger partial charge in [-0.15, -0.1) is 0 Å². The number of hydrogen-bond acceptors (Lipinski definition) is 6. The number of benzene rings is 1. The molecule has 3 aromatic rings. The van der Waals surface area contributed by atoms with Crippen molar-refractivity contribution in [2.75, 3.05) is 20.2 Å². The Bertz CT molecular complexity index is 942. The van der Waals surface area contributed by atoms with Crippen molar-refractivity contribution in [2.24, 2.45) is 0 Å². The van der Waals surface area contributed by atoms with E-state index in [0.29, 0.717) is 31.1 Å². The highest BCUT2D eigenvalue weighted by atomic mass is 16.5. The third-order valence-electron chi connectivity index (χ3n) is 4.92. The Hall–Kier alpha value is -3.22. The average Bonchev–Trinajstić information content (AvgIpc) is 3.22. The fourth-order valence-corrected chi connectivity index (χ4v) is 3.51. The lowest BCUT2D eigenvalue weighted by atomic mass is 9.98. The Labute approximate surface area is 163 Å². The summed E-state index contributed by atoms with van der Waals surface area (Å²) in [5.74, 6) is 2.31. The fourth-order valence-electron chi connectivity index (χ4n) is 3.51. The lowest BCUT2D eigenvalue weighted by Gasteiger charge is -2.30. The largest absolute Gasteiger partial charge is 0.497 e. The molecule has 144 valence electrons. The van der Waals surface area contributed by atoms with Crippen molar-refractivity contribution in [3.63, 3.8) is 0 Å². The maximum Gasteiger partial charge on any atom is 0.274 e. The quantitative estimate of drug-likeness (QED) is 0.679. The number of oxazole rings is 1. The smallest absolute Gasteiger partial charge is 0.274 e. The molecule has 1 atom stereocenters. The van der Waals surface area contributed by atoms with Gasteiger partial charge >= 0.3 is 0 Å². The number of hydrogen-bond donors (Lipinski definition) is 0. The van der Waals surface area contributed by atoms with E-state index in [4.69, 9.17) is 9.15 Å². The van der Waals surface area contributed by atoms with Crippen LogP contribution in [0.2, 0.25) is 0 Å². The summed E-state index contributed by atoms with van der Waals surface area (Å²) in [5.41, 5.74) is 1.47. The predicted octanol–water partition coefficient (Wildman–Crippen LogP) is 3.08. The minimum Gasteiger partial charge on any atom is -0.497 e. The van der Waals surface area contributed by atoms with Crippen LogP contribution in [0.3, 0.4) is 0 Å². The van der Waals surface area contributed by atoms with Gasteiger partial charge in [0.1, 0.15) is 17.2 Å². The lowest BCUT2D eigenvalue weighted by molar-refractivity contribution is 0.0691. The van der Waals surface area contributed by atoms with Gasteiger partial charge in [-0.05, 0) is 30.5 Å². The Balaban J connectivity index is 1.43. The molecule has 0 aliphatic carbocycles. The minimum atomic E-state index is -0.0963. The molecule has 7 heteroatoms. The number of aromatic nitrogens is 3. The molecule has 28 heavy (non-hydrogen) atoms. The van der Waals surface area contributed by atoms with Crippen molar-refractivity contribution in [2.45, 2.75) is 25.2 Å². The van der Waals surface area contributed by atoms with Gasteiger partial charge in [-0.2, -0.15) is 0 Å². The van der Waals surface area contributed by atoms with E-state index in [1.165, 1.54) is 12.4 Å². The third kappa shape index (κ3) is 4.03. The number of likely N-dealkylation sites (tertiary alicyclic amines) is 1. The highest BCUT2D eigenvalue weighted by Gasteiger charge is 2.29. The van der Waals surface area contributed by atoms with Gasteiger partial charge in [0.2, 0.25) is 0 Å². The van der Waals surface area contributed by atoms with E-state index in [1.807, 2.05) is 29.2 Å². The van der Waals surface area contributed by atoms with Gasteiger partial charge in [0, 0.05) is 31.9 Å². The van der Waals surface area contributed by atoms with Crippen LogP contribution in [0.1, 0.15) is 46.5 Å². The zero-order chi connectivity index (χ0) is 19.3. The summed E-state index contributed by atoms with van der Waals surface area (Å²) >= 11 is 0. The molecular weight excluding hydrogens is 356 g/mol. The van der Waals surface area contributed by atoms with Crippen LogP contribution in [-0.2, 0) is 6.42 Å². The molecule has 0 saturated carbocycles. The summed E-state index contributed by atoms with van der Waals surface area (Å²) in [6.07, 6.45) is 8.88. The van der Waals surface area contributed by atoms with Gasteiger partial charge in [-0.25, -0.2) is 9.97 Å². The molecule has 3 heterocycles. The molecule has 0 spiro atoms. The second kappa shape index (κ2) is 8.21. The molecule has 4 rings (SSSR count). The zero-order valence-corrected chi connectivity index (χ0v) is 15.7. The summed E-state index contributed by atoms with van der Waals surface area (Å²) in [7, 11) is 1.66. The van der Waals surface area contributed by atoms with E-state index in [-0.39, 0.29) is 11.8 Å². The van der Waals surface area contributed by atoms with Crippen molar-refractivity contribution < 1.29 is 13.9 Å². The molecule has 1 aliphatic rings. The average molecular weight is 378 g/mol. The van der Waals surface area contributed by atoms with Crippen LogP contribution in [0.25, 0.3) is 0 Å². The molecule has 2 aromatic heterocycles. The first-order valence-electron chi connectivity index (χ1n) is 9.36. The summed E-state index contributed by atoms with van der Waals surface area (Å²) in [6, 6.07) is 7.90. The van der Waals surface area contributed by atoms with Crippen LogP contribution in [0.5, 0.6) is 5.75 Å². The van der Waals surface area contributed by atoms with E-state index in [9.17, 15) is 4.79 Å². The molecule has 0 bridgehead atoms. The number of rotatable bonds is 5. The maximum atomic E-state index is 12.6. The first kappa shape index (κ1) is 18.2. The number of ether oxygens (including phenoxy) is 1. The van der Waals surface area contributed by atoms with Crippen molar-refractivity contribution in [1.29, 1.82) is 0 Å². The zero-order valence-electron chi connectivity index (χ0n) is 15.7. The standard InChI is InChI=1S/C21H22N4O3/c1-27-17-6-2-4-15(10-17)11-18-12-24-20(28-18)16-5-3-9-25(14-16)21(26)19-13-22-7-8-23-19/h2,4,6-8,10,12-13,16H,3,5,9,11,14H2,1H3/t16-/m0/s1. The normalized spacial score (nSPS) is 16.8. The van der Waals surface area contributed by atoms with Crippen LogP contribution in [0, 0.1) is 0 Å². The molecule has 0 N–H and O–H groups in total. The summed E-state index contributed by atoms with van der Waals surface area (Å²) in [4.78, 5) is 27.0. The number of piperidine rings is 1. The molecule has 0 unspecified atom stereocenters. The summed E-state index contributed by atoms with van der Waals surface area (Å²) in [6.45, 7) is 1.29. The number of nitrogens with zero attached hydrogens (tertiary/aromatic N) is 4. The van der Waals surface area contributed by atoms with Gasteiger partial charge in [0.25, 0.3) is 5.91 Å². The van der Waals surface area contributed by atoms with E-state index >= 15 is 0 Å². The van der Waals surface area contributed by atoms with E-state index in [2.05, 4.69) is 15.0 Å². The monoisotopic (exact) mass is 378 g/mol. The van der Waals surface area contributed by atoms with Crippen molar-refractivity contribution >= 4 is 5.91 Å². The summed E-state index contributed by atoms with van der Waals surface area (Å²) in [5, 5.41) is 0. The number of methoxy groups -OCH3 is 1. The maximum absolute atomic E-state index is 12.6.